The van der Waals surface area contributed by atoms with E-state index in [1.807, 2.05) is 101 Å². The predicted molar refractivity (Wildman–Crippen MR) is 245 cm³/mol. The van der Waals surface area contributed by atoms with Crippen molar-refractivity contribution in [2.24, 2.45) is 4.99 Å². The van der Waals surface area contributed by atoms with Crippen molar-refractivity contribution >= 4 is 59.0 Å². The largest absolute Gasteiger partial charge is 0.453 e. The summed E-state index contributed by atoms with van der Waals surface area (Å²) >= 11 is 8.52. The SMILES string of the molecule is COC(=O)N[C@H](C(=O)N1CC(SC)C[C@H]1C1=NC=C(c2ccc(-c3ccc(-c4nc([C@@H]5CCCN5C(=O)[C@@H](COOC=N)c5ccccc5)[nH]c4Cl)cc3)cc2)C1)c1ccccc1. The lowest BCUT2D eigenvalue weighted by Crippen LogP contribution is -2.47. The van der Waals surface area contributed by atoms with Crippen LogP contribution in [0.15, 0.2) is 120 Å². The van der Waals surface area contributed by atoms with E-state index in [4.69, 9.17) is 41.5 Å². The molecule has 15 heteroatoms. The Kier molecular flexibility index (Phi) is 13.7. The fraction of sp³-hybridized carbons (Fsp3) is 0.292. The van der Waals surface area contributed by atoms with Gasteiger partial charge in [0.2, 0.25) is 12.3 Å². The fourth-order valence-electron chi connectivity index (χ4n) is 8.70. The number of carbonyl (C=O) groups excluding carboxylic acids is 3. The molecule has 0 spiro atoms. The van der Waals surface area contributed by atoms with E-state index in [1.165, 1.54) is 7.11 Å². The molecular formula is C48H48ClN7O6S. The highest BCUT2D eigenvalue weighted by Crippen LogP contribution is 2.38. The minimum Gasteiger partial charge on any atom is -0.453 e. The fourth-order valence-corrected chi connectivity index (χ4v) is 9.63. The predicted octanol–water partition coefficient (Wildman–Crippen LogP) is 9.02. The lowest BCUT2D eigenvalue weighted by Gasteiger charge is -2.29. The number of aromatic amines is 1. The summed E-state index contributed by atoms with van der Waals surface area (Å²) in [5, 5.41) is 10.5. The standard InChI is InChI=1S/C48H48ClN7O6S/c1-60-48(59)53-43(34-12-7-4-8-13-34)47(58)56-27-37(63-2)25-41(56)39-24-36(26-51-39)32-17-15-30(16-18-32)31-19-21-35(22-20-31)42-44(49)54-45(52-42)40-14-9-23-55(40)46(57)38(28-61-62-29-50)33-10-5-3-6-11-33/h3-8,10-13,15-22,26,29,37-38,40-41,43,50H,9,14,23-25,27-28H2,1-2H3,(H,52,54)(H,53,59)/t37?,38-,40-,41-,43-/m0/s1. The molecule has 3 amide bonds. The van der Waals surface area contributed by atoms with E-state index in [9.17, 15) is 14.4 Å². The van der Waals surface area contributed by atoms with Crippen LogP contribution in [0.5, 0.6) is 0 Å². The molecule has 3 aliphatic heterocycles. The average molecular weight is 886 g/mol. The second-order valence-corrected chi connectivity index (χ2v) is 17.1. The second kappa shape index (κ2) is 19.9. The Labute approximate surface area is 375 Å². The van der Waals surface area contributed by atoms with Gasteiger partial charge in [-0.15, -0.1) is 0 Å². The number of carbonyl (C=O) groups is 3. The number of nitrogens with zero attached hydrogens (tertiary/aromatic N) is 4. The number of methoxy groups -OCH3 is 1. The molecule has 324 valence electrons. The van der Waals surface area contributed by atoms with Gasteiger partial charge in [0, 0.05) is 42.2 Å². The number of rotatable bonds is 15. The lowest BCUT2D eigenvalue weighted by molar-refractivity contribution is -0.221. The molecule has 13 nitrogen and oxygen atoms in total. The molecule has 5 atom stereocenters. The number of aromatic nitrogens is 2. The summed E-state index contributed by atoms with van der Waals surface area (Å²) < 4.78 is 4.88. The number of nitrogens with one attached hydrogen (secondary N) is 3. The van der Waals surface area contributed by atoms with Gasteiger partial charge >= 0.3 is 6.09 Å². The Morgan fingerprint density at radius 3 is 2.19 bits per heavy atom. The molecule has 5 aromatic rings. The lowest BCUT2D eigenvalue weighted by atomic mass is 9.96. The molecule has 0 aliphatic carbocycles. The van der Waals surface area contributed by atoms with Crippen molar-refractivity contribution in [2.75, 3.05) is 33.1 Å². The van der Waals surface area contributed by atoms with Crippen LogP contribution < -0.4 is 5.32 Å². The Morgan fingerprint density at radius 2 is 1.54 bits per heavy atom. The minimum absolute atomic E-state index is 0.0362. The molecule has 8 rings (SSSR count). The smallest absolute Gasteiger partial charge is 0.407 e. The van der Waals surface area contributed by atoms with E-state index in [1.54, 1.807) is 11.8 Å². The van der Waals surface area contributed by atoms with E-state index >= 15 is 0 Å². The Bertz CT molecular complexity index is 2480. The second-order valence-electron chi connectivity index (χ2n) is 15.6. The molecule has 63 heavy (non-hydrogen) atoms. The number of aliphatic imine (C=N–C) groups is 1. The van der Waals surface area contributed by atoms with Gasteiger partial charge in [-0.2, -0.15) is 16.6 Å². The molecule has 3 aliphatic rings. The van der Waals surface area contributed by atoms with Crippen molar-refractivity contribution in [3.63, 3.8) is 0 Å². The number of ether oxygens (including phenoxy) is 1. The number of hydrogen-bond donors (Lipinski definition) is 3. The Balaban J connectivity index is 0.923. The average Bonchev–Trinajstić information content (AvgIpc) is 4.17. The first-order valence-electron chi connectivity index (χ1n) is 20.8. The van der Waals surface area contributed by atoms with Gasteiger partial charge < -0.3 is 29.7 Å². The first-order valence-corrected chi connectivity index (χ1v) is 22.5. The number of benzene rings is 4. The molecule has 4 heterocycles. The van der Waals surface area contributed by atoms with Gasteiger partial charge in [0.15, 0.2) is 0 Å². The maximum absolute atomic E-state index is 14.2. The van der Waals surface area contributed by atoms with Crippen molar-refractivity contribution in [2.45, 2.75) is 55.0 Å². The maximum atomic E-state index is 14.2. The summed E-state index contributed by atoms with van der Waals surface area (Å²) in [5.74, 6) is -0.293. The summed E-state index contributed by atoms with van der Waals surface area (Å²) in [6.07, 6.45) is 6.93. The van der Waals surface area contributed by atoms with Crippen LogP contribution in [0.2, 0.25) is 5.15 Å². The van der Waals surface area contributed by atoms with Crippen molar-refractivity contribution in [3.05, 3.63) is 143 Å². The van der Waals surface area contributed by atoms with Gasteiger partial charge in [0.1, 0.15) is 29.3 Å². The molecule has 0 radical (unpaired) electrons. The highest BCUT2D eigenvalue weighted by Gasteiger charge is 2.42. The molecule has 0 saturated carbocycles. The molecule has 0 bridgehead atoms. The molecule has 1 aromatic heterocycles. The number of allylic oxidation sites excluding steroid dienone is 1. The zero-order valence-corrected chi connectivity index (χ0v) is 36.5. The van der Waals surface area contributed by atoms with Crippen LogP contribution in [-0.2, 0) is 24.1 Å². The Morgan fingerprint density at radius 1 is 0.889 bits per heavy atom. The van der Waals surface area contributed by atoms with Crippen molar-refractivity contribution < 1.29 is 28.9 Å². The zero-order chi connectivity index (χ0) is 43.9. The van der Waals surface area contributed by atoms with E-state index in [2.05, 4.69) is 40.8 Å². The van der Waals surface area contributed by atoms with Gasteiger partial charge in [-0.1, -0.05) is 121 Å². The first kappa shape index (κ1) is 43.4. The summed E-state index contributed by atoms with van der Waals surface area (Å²) in [5.41, 5.74) is 8.08. The van der Waals surface area contributed by atoms with E-state index in [-0.39, 0.29) is 35.8 Å². The van der Waals surface area contributed by atoms with Gasteiger partial charge in [-0.25, -0.2) is 9.78 Å². The quantitative estimate of drug-likeness (QED) is 0.0309. The number of alkyl carbamates (subject to hydrolysis) is 1. The van der Waals surface area contributed by atoms with Crippen LogP contribution in [0, 0.1) is 5.41 Å². The van der Waals surface area contributed by atoms with Crippen LogP contribution in [0.3, 0.4) is 0 Å². The molecule has 2 saturated heterocycles. The molecule has 4 aromatic carbocycles. The number of likely N-dealkylation sites (tertiary alicyclic amines) is 2. The van der Waals surface area contributed by atoms with Gasteiger partial charge in [-0.3, -0.25) is 20.0 Å². The summed E-state index contributed by atoms with van der Waals surface area (Å²) in [7, 11) is 1.29. The summed E-state index contributed by atoms with van der Waals surface area (Å²) in [4.78, 5) is 67.2. The van der Waals surface area contributed by atoms with Crippen molar-refractivity contribution in [1.82, 2.24) is 25.1 Å². The number of imidazole rings is 1. The van der Waals surface area contributed by atoms with E-state index in [0.29, 0.717) is 48.1 Å². The zero-order valence-electron chi connectivity index (χ0n) is 34.9. The van der Waals surface area contributed by atoms with Gasteiger partial charge in [0.05, 0.1) is 25.1 Å². The van der Waals surface area contributed by atoms with Gasteiger partial charge in [-0.05, 0) is 58.9 Å². The van der Waals surface area contributed by atoms with Crippen LogP contribution in [-0.4, -0.2) is 94.1 Å². The molecule has 2 fully saturated rings. The topological polar surface area (TPSA) is 162 Å². The Hall–Kier alpha value is -6.22. The van der Waals surface area contributed by atoms with Crippen LogP contribution in [0.4, 0.5) is 4.79 Å². The third-order valence-electron chi connectivity index (χ3n) is 12.0. The van der Waals surface area contributed by atoms with Crippen molar-refractivity contribution in [3.8, 4) is 22.4 Å². The molecule has 3 N–H and O–H groups in total. The third kappa shape index (κ3) is 9.58. The van der Waals surface area contributed by atoms with E-state index in [0.717, 1.165) is 58.4 Å². The highest BCUT2D eigenvalue weighted by molar-refractivity contribution is 7.99. The normalized spacial score (nSPS) is 19.3. The van der Waals surface area contributed by atoms with Crippen LogP contribution in [0.1, 0.15) is 66.2 Å². The number of hydrogen-bond acceptors (Lipinski definition) is 10. The molecular weight excluding hydrogens is 838 g/mol. The monoisotopic (exact) mass is 885 g/mol. The van der Waals surface area contributed by atoms with E-state index < -0.39 is 18.1 Å². The molecule has 1 unspecified atom stereocenters. The number of thioether (sulfide) groups is 1. The number of halogens is 1. The number of amides is 3. The summed E-state index contributed by atoms with van der Waals surface area (Å²) in [6.45, 7) is 1.09. The maximum Gasteiger partial charge on any atom is 0.407 e. The first-order chi connectivity index (χ1) is 30.8. The van der Waals surface area contributed by atoms with Crippen LogP contribution >= 0.6 is 23.4 Å². The van der Waals surface area contributed by atoms with Crippen molar-refractivity contribution in [1.29, 1.82) is 5.41 Å². The van der Waals surface area contributed by atoms with Gasteiger partial charge in [0.25, 0.3) is 5.91 Å². The third-order valence-corrected chi connectivity index (χ3v) is 13.3. The van der Waals surface area contributed by atoms with Crippen LogP contribution in [0.25, 0.3) is 28.0 Å². The number of H-pyrrole nitrogens is 1. The summed E-state index contributed by atoms with van der Waals surface area (Å²) in [6, 6.07) is 33.8. The highest BCUT2D eigenvalue weighted by atomic mass is 35.5. The minimum atomic E-state index is -0.882.